The van der Waals surface area contributed by atoms with Crippen molar-refractivity contribution in [3.63, 3.8) is 0 Å². The number of nitrogens with zero attached hydrogens (tertiary/aromatic N) is 3. The molecule has 8 aromatic carbocycles. The van der Waals surface area contributed by atoms with Crippen molar-refractivity contribution in [3.05, 3.63) is 188 Å². The van der Waals surface area contributed by atoms with Gasteiger partial charge in [-0.1, -0.05) is 127 Å². The molecule has 0 atom stereocenters. The average Bonchev–Trinajstić information content (AvgIpc) is 3.91. The van der Waals surface area contributed by atoms with E-state index < -0.39 is 0 Å². The molecule has 0 aliphatic rings. The normalized spacial score (nSPS) is 11.8. The highest BCUT2D eigenvalue weighted by Gasteiger charge is 2.19. The van der Waals surface area contributed by atoms with E-state index in [1.165, 1.54) is 21.9 Å². The van der Waals surface area contributed by atoms with Gasteiger partial charge in [0.2, 0.25) is 0 Å². The van der Waals surface area contributed by atoms with Crippen LogP contribution in [0.3, 0.4) is 0 Å². The smallest absolute Gasteiger partial charge is 0.159 e. The second-order valence-corrected chi connectivity index (χ2v) is 13.6. The van der Waals surface area contributed by atoms with E-state index in [9.17, 15) is 0 Å². The number of imidazole rings is 1. The summed E-state index contributed by atoms with van der Waals surface area (Å²) in [5.74, 6) is 0.922. The lowest BCUT2D eigenvalue weighted by molar-refractivity contribution is 0.666. The summed E-state index contributed by atoms with van der Waals surface area (Å²) in [6.45, 7) is 0. The van der Waals surface area contributed by atoms with E-state index in [1.807, 2.05) is 12.1 Å². The van der Waals surface area contributed by atoms with E-state index in [0.717, 1.165) is 77.9 Å². The monoisotopic (exact) mass is 677 g/mol. The Hall–Kier alpha value is -7.17. The largest absolute Gasteiger partial charge is 0.454 e. The van der Waals surface area contributed by atoms with Gasteiger partial charge in [0.1, 0.15) is 11.4 Å². The Kier molecular flexibility index (Phi) is 6.52. The molecule has 0 radical (unpaired) electrons. The van der Waals surface area contributed by atoms with Crippen molar-refractivity contribution < 1.29 is 4.42 Å². The summed E-state index contributed by atoms with van der Waals surface area (Å²) < 4.78 is 11.4. The predicted octanol–water partition coefficient (Wildman–Crippen LogP) is 13.0. The van der Waals surface area contributed by atoms with Gasteiger partial charge in [0.25, 0.3) is 0 Å². The van der Waals surface area contributed by atoms with Crippen LogP contribution < -0.4 is 0 Å². The van der Waals surface area contributed by atoms with Gasteiger partial charge in [-0.05, 0) is 82.9 Å². The van der Waals surface area contributed by atoms with Crippen molar-refractivity contribution in [1.82, 2.24) is 14.1 Å². The van der Waals surface area contributed by atoms with E-state index in [0.29, 0.717) is 0 Å². The van der Waals surface area contributed by atoms with Gasteiger partial charge in [-0.2, -0.15) is 0 Å². The standard InChI is InChI=1S/C49H31N3O/c1-3-12-32(13-4-1)35-27-29-44-41(30-35)38-16-7-9-19-43(38)52(44)46-21-11-17-40-39-28-26-36(31-47(39)53-48(40)46)33-22-24-34(25-23-33)49-50-42-18-8-10-20-45(42)51(49)37-14-5-2-6-15-37/h1-31H. The maximum Gasteiger partial charge on any atom is 0.159 e. The highest BCUT2D eigenvalue weighted by Crippen LogP contribution is 2.40. The lowest BCUT2D eigenvalue weighted by Crippen LogP contribution is -1.97. The number of hydrogen-bond acceptors (Lipinski definition) is 2. The highest BCUT2D eigenvalue weighted by molar-refractivity contribution is 6.13. The first-order chi connectivity index (χ1) is 26.3. The van der Waals surface area contributed by atoms with Crippen LogP contribution in [0, 0.1) is 0 Å². The minimum atomic E-state index is 0.868. The molecule has 3 heterocycles. The summed E-state index contributed by atoms with van der Waals surface area (Å²) in [4.78, 5) is 5.06. The molecule has 0 saturated heterocycles. The number of para-hydroxylation sites is 5. The fourth-order valence-corrected chi connectivity index (χ4v) is 8.05. The highest BCUT2D eigenvalue weighted by atomic mass is 16.3. The fraction of sp³-hybridized carbons (Fsp3) is 0. The van der Waals surface area contributed by atoms with E-state index >= 15 is 0 Å². The van der Waals surface area contributed by atoms with Gasteiger partial charge in [0, 0.05) is 32.8 Å². The Labute approximate surface area is 305 Å². The van der Waals surface area contributed by atoms with E-state index in [1.54, 1.807) is 0 Å². The van der Waals surface area contributed by atoms with Gasteiger partial charge >= 0.3 is 0 Å². The molecule has 11 rings (SSSR count). The number of hydrogen-bond donors (Lipinski definition) is 0. The van der Waals surface area contributed by atoms with Crippen LogP contribution >= 0.6 is 0 Å². The Bertz CT molecular complexity index is 3150. The third-order valence-electron chi connectivity index (χ3n) is 10.6. The van der Waals surface area contributed by atoms with Gasteiger partial charge < -0.3 is 8.98 Å². The van der Waals surface area contributed by atoms with E-state index in [2.05, 4.69) is 185 Å². The molecule has 4 heteroatoms. The van der Waals surface area contributed by atoms with Crippen LogP contribution in [0.5, 0.6) is 0 Å². The topological polar surface area (TPSA) is 35.9 Å². The third kappa shape index (κ3) is 4.66. The van der Waals surface area contributed by atoms with Crippen molar-refractivity contribution in [2.45, 2.75) is 0 Å². The molecule has 0 bridgehead atoms. The molecular weight excluding hydrogens is 647 g/mol. The number of aromatic nitrogens is 3. The van der Waals surface area contributed by atoms with Crippen molar-refractivity contribution in [1.29, 1.82) is 0 Å². The molecule has 3 aromatic heterocycles. The van der Waals surface area contributed by atoms with E-state index in [4.69, 9.17) is 9.40 Å². The molecule has 0 unspecified atom stereocenters. The van der Waals surface area contributed by atoms with Crippen molar-refractivity contribution in [3.8, 4) is 45.0 Å². The first kappa shape index (κ1) is 29.5. The number of rotatable bonds is 5. The zero-order valence-corrected chi connectivity index (χ0v) is 28.6. The molecule has 0 fully saturated rings. The quantitative estimate of drug-likeness (QED) is 0.182. The Morgan fingerprint density at radius 2 is 1.00 bits per heavy atom. The third-order valence-corrected chi connectivity index (χ3v) is 10.6. The molecule has 53 heavy (non-hydrogen) atoms. The molecule has 248 valence electrons. The SMILES string of the molecule is c1ccc(-c2ccc3c(c2)c2ccccc2n3-c2cccc3c2oc2cc(-c4ccc(-c5nc6ccccc6n5-c5ccccc5)cc4)ccc23)cc1. The zero-order chi connectivity index (χ0) is 34.9. The first-order valence-electron chi connectivity index (χ1n) is 18.0. The van der Waals surface area contributed by atoms with Crippen LogP contribution in [-0.2, 0) is 0 Å². The molecule has 4 nitrogen and oxygen atoms in total. The molecular formula is C49H31N3O. The van der Waals surface area contributed by atoms with Gasteiger partial charge in [0.15, 0.2) is 5.58 Å². The van der Waals surface area contributed by atoms with Crippen molar-refractivity contribution in [2.75, 3.05) is 0 Å². The summed E-state index contributed by atoms with van der Waals surface area (Å²) >= 11 is 0. The van der Waals surface area contributed by atoms with Crippen LogP contribution in [0.4, 0.5) is 0 Å². The van der Waals surface area contributed by atoms with Crippen LogP contribution in [0.2, 0.25) is 0 Å². The van der Waals surface area contributed by atoms with Gasteiger partial charge in [-0.3, -0.25) is 4.57 Å². The van der Waals surface area contributed by atoms with Crippen LogP contribution in [-0.4, -0.2) is 14.1 Å². The maximum absolute atomic E-state index is 6.82. The van der Waals surface area contributed by atoms with Gasteiger partial charge in [-0.15, -0.1) is 0 Å². The molecule has 0 aliphatic carbocycles. The molecule has 11 aromatic rings. The van der Waals surface area contributed by atoms with Crippen LogP contribution in [0.1, 0.15) is 0 Å². The van der Waals surface area contributed by atoms with Gasteiger partial charge in [0.05, 0.1) is 27.8 Å². The molecule has 0 N–H and O–H groups in total. The predicted molar refractivity (Wildman–Crippen MR) is 219 cm³/mol. The fourth-order valence-electron chi connectivity index (χ4n) is 8.05. The molecule has 0 amide bonds. The molecule has 0 saturated carbocycles. The molecule has 0 aliphatic heterocycles. The Morgan fingerprint density at radius 3 is 1.85 bits per heavy atom. The Balaban J connectivity index is 1.01. The van der Waals surface area contributed by atoms with Gasteiger partial charge in [-0.25, -0.2) is 4.98 Å². The van der Waals surface area contributed by atoms with Crippen LogP contribution in [0.25, 0.3) is 99.8 Å². The summed E-state index contributed by atoms with van der Waals surface area (Å²) in [5.41, 5.74) is 13.9. The summed E-state index contributed by atoms with van der Waals surface area (Å²) in [6, 6.07) is 66.5. The van der Waals surface area contributed by atoms with E-state index in [-0.39, 0.29) is 0 Å². The van der Waals surface area contributed by atoms with Crippen molar-refractivity contribution >= 4 is 54.8 Å². The number of furan rings is 1. The zero-order valence-electron chi connectivity index (χ0n) is 28.6. The maximum atomic E-state index is 6.82. The first-order valence-corrected chi connectivity index (χ1v) is 18.0. The molecule has 0 spiro atoms. The second-order valence-electron chi connectivity index (χ2n) is 13.6. The number of benzene rings is 8. The summed E-state index contributed by atoms with van der Waals surface area (Å²) in [6.07, 6.45) is 0. The summed E-state index contributed by atoms with van der Waals surface area (Å²) in [5, 5.41) is 4.65. The lowest BCUT2D eigenvalue weighted by atomic mass is 10.0. The lowest BCUT2D eigenvalue weighted by Gasteiger charge is -2.10. The minimum absolute atomic E-state index is 0.868. The van der Waals surface area contributed by atoms with Crippen molar-refractivity contribution in [2.24, 2.45) is 0 Å². The average molecular weight is 678 g/mol. The summed E-state index contributed by atoms with van der Waals surface area (Å²) in [7, 11) is 0. The number of fused-ring (bicyclic) bond motifs is 7. The minimum Gasteiger partial charge on any atom is -0.454 e. The second kappa shape index (κ2) is 11.7. The van der Waals surface area contributed by atoms with Crippen LogP contribution in [0.15, 0.2) is 192 Å². The Morgan fingerprint density at radius 1 is 0.377 bits per heavy atom.